The van der Waals surface area contributed by atoms with Crippen LogP contribution in [0.15, 0.2) is 45.5 Å². The van der Waals surface area contributed by atoms with Crippen LogP contribution < -0.4 is 4.72 Å². The van der Waals surface area contributed by atoms with E-state index in [1.54, 1.807) is 0 Å². The van der Waals surface area contributed by atoms with Crippen LogP contribution in [0.4, 0.5) is 5.69 Å². The minimum atomic E-state index is -4.03. The predicted molar refractivity (Wildman–Crippen MR) is 110 cm³/mol. The second-order valence-corrected chi connectivity index (χ2v) is 11.4. The van der Waals surface area contributed by atoms with Crippen LogP contribution in [0.25, 0.3) is 0 Å². The molecule has 0 radical (unpaired) electrons. The zero-order valence-electron chi connectivity index (χ0n) is 16.0. The fourth-order valence-corrected chi connectivity index (χ4v) is 7.16. The number of hydrogen-bond acceptors (Lipinski definition) is 7. The van der Waals surface area contributed by atoms with Crippen molar-refractivity contribution in [2.45, 2.75) is 29.6 Å². The van der Waals surface area contributed by atoms with Gasteiger partial charge in [-0.2, -0.15) is 4.31 Å². The maximum Gasteiger partial charge on any atom is 0.349 e. The van der Waals surface area contributed by atoms with Crippen molar-refractivity contribution < 1.29 is 26.4 Å². The molecule has 0 amide bonds. The van der Waals surface area contributed by atoms with Gasteiger partial charge in [0.2, 0.25) is 10.0 Å². The van der Waals surface area contributed by atoms with Crippen molar-refractivity contribution in [1.82, 2.24) is 4.31 Å². The minimum absolute atomic E-state index is 0.0292. The molecule has 11 heteroatoms. The number of sulfonamides is 2. The maximum atomic E-state index is 12.8. The molecule has 1 saturated heterocycles. The van der Waals surface area contributed by atoms with Gasteiger partial charge >= 0.3 is 5.97 Å². The molecular formula is C18H22N2O6S3. The number of benzene rings is 1. The molecular weight excluding hydrogens is 436 g/mol. The summed E-state index contributed by atoms with van der Waals surface area (Å²) in [5.74, 6) is -0.434. The molecule has 8 nitrogen and oxygen atoms in total. The van der Waals surface area contributed by atoms with Gasteiger partial charge in [0.15, 0.2) is 0 Å². The zero-order chi connectivity index (χ0) is 21.2. The standard InChI is InChI=1S/C18H22N2O6S3/c1-13-4-3-10-20(12-13)29(24,25)15-7-5-14(6-8-15)19-28(22,23)16-9-11-27-17(16)18(21)26-2/h5-9,11,13,19H,3-4,10,12H2,1-2H3. The largest absolute Gasteiger partial charge is 0.465 e. The highest BCUT2D eigenvalue weighted by molar-refractivity contribution is 7.93. The first-order valence-corrected chi connectivity index (χ1v) is 12.7. The van der Waals surface area contributed by atoms with Crippen LogP contribution in [-0.4, -0.2) is 47.3 Å². The molecule has 2 heterocycles. The molecule has 1 aliphatic rings. The number of nitrogens with zero attached hydrogens (tertiary/aromatic N) is 1. The van der Waals surface area contributed by atoms with Crippen LogP contribution in [-0.2, 0) is 24.8 Å². The SMILES string of the molecule is COC(=O)c1sccc1S(=O)(=O)Nc1ccc(S(=O)(=O)N2CCCC(C)C2)cc1. The number of nitrogens with one attached hydrogen (secondary N) is 1. The smallest absolute Gasteiger partial charge is 0.349 e. The van der Waals surface area contributed by atoms with E-state index in [4.69, 9.17) is 0 Å². The Morgan fingerprint density at radius 2 is 1.86 bits per heavy atom. The Hall–Kier alpha value is -1.95. The number of piperidine rings is 1. The van der Waals surface area contributed by atoms with Gasteiger partial charge in [0.1, 0.15) is 9.77 Å². The molecule has 0 spiro atoms. The normalized spacial score (nSPS) is 18.3. The molecule has 1 fully saturated rings. The van der Waals surface area contributed by atoms with Crippen LogP contribution in [0.1, 0.15) is 29.4 Å². The van der Waals surface area contributed by atoms with Gasteiger partial charge in [0, 0.05) is 18.8 Å². The fraction of sp³-hybridized carbons (Fsp3) is 0.389. The van der Waals surface area contributed by atoms with Gasteiger partial charge < -0.3 is 4.74 Å². The van der Waals surface area contributed by atoms with E-state index in [9.17, 15) is 21.6 Å². The quantitative estimate of drug-likeness (QED) is 0.667. The van der Waals surface area contributed by atoms with Crippen molar-refractivity contribution in [3.8, 4) is 0 Å². The summed E-state index contributed by atoms with van der Waals surface area (Å²) in [5.41, 5.74) is 0.193. The summed E-state index contributed by atoms with van der Waals surface area (Å²) < 4.78 is 59.3. The molecule has 0 aliphatic carbocycles. The first kappa shape index (κ1) is 21.8. The van der Waals surface area contributed by atoms with Gasteiger partial charge in [-0.25, -0.2) is 21.6 Å². The Bertz CT molecular complexity index is 1090. The number of rotatable bonds is 6. The topological polar surface area (TPSA) is 110 Å². The molecule has 1 aliphatic heterocycles. The first-order valence-electron chi connectivity index (χ1n) is 8.94. The molecule has 0 saturated carbocycles. The second-order valence-electron chi connectivity index (χ2n) is 6.85. The van der Waals surface area contributed by atoms with Gasteiger partial charge in [-0.05, 0) is 54.5 Å². The van der Waals surface area contributed by atoms with Crippen LogP contribution in [0.5, 0.6) is 0 Å². The summed E-state index contributed by atoms with van der Waals surface area (Å²) in [6, 6.07) is 6.85. The van der Waals surface area contributed by atoms with Gasteiger partial charge in [0.05, 0.1) is 12.0 Å². The lowest BCUT2D eigenvalue weighted by Gasteiger charge is -2.30. The molecule has 1 unspecified atom stereocenters. The van der Waals surface area contributed by atoms with Crippen molar-refractivity contribution in [3.63, 3.8) is 0 Å². The summed E-state index contributed by atoms with van der Waals surface area (Å²) in [7, 11) is -6.48. The minimum Gasteiger partial charge on any atom is -0.465 e. The van der Waals surface area contributed by atoms with E-state index in [1.807, 2.05) is 6.92 Å². The number of hydrogen-bond donors (Lipinski definition) is 1. The second kappa shape index (κ2) is 8.42. The molecule has 0 bridgehead atoms. The summed E-state index contributed by atoms with van der Waals surface area (Å²) in [5, 5.41) is 1.48. The number of anilines is 1. The average molecular weight is 459 g/mol. The lowest BCUT2D eigenvalue weighted by molar-refractivity contribution is 0.0602. The van der Waals surface area contributed by atoms with E-state index < -0.39 is 26.0 Å². The molecule has 3 rings (SSSR count). The number of ether oxygens (including phenoxy) is 1. The van der Waals surface area contributed by atoms with Crippen molar-refractivity contribution in [3.05, 3.63) is 40.6 Å². The molecule has 2 aromatic rings. The summed E-state index contributed by atoms with van der Waals surface area (Å²) in [6.07, 6.45) is 1.82. The lowest BCUT2D eigenvalue weighted by atomic mass is 10.0. The summed E-state index contributed by atoms with van der Waals surface area (Å²) in [6.45, 7) is 2.98. The van der Waals surface area contributed by atoms with E-state index >= 15 is 0 Å². The van der Waals surface area contributed by atoms with E-state index in [0.717, 1.165) is 24.2 Å². The lowest BCUT2D eigenvalue weighted by Crippen LogP contribution is -2.39. The highest BCUT2D eigenvalue weighted by Crippen LogP contribution is 2.27. The number of methoxy groups -OCH3 is 1. The third-order valence-corrected chi connectivity index (χ3v) is 8.98. The highest BCUT2D eigenvalue weighted by Gasteiger charge is 2.29. The fourth-order valence-electron chi connectivity index (χ4n) is 3.17. The van der Waals surface area contributed by atoms with Gasteiger partial charge in [-0.15, -0.1) is 11.3 Å². The summed E-state index contributed by atoms with van der Waals surface area (Å²) >= 11 is 0.963. The Labute approximate surface area is 174 Å². The molecule has 158 valence electrons. The first-order chi connectivity index (χ1) is 13.6. The van der Waals surface area contributed by atoms with Crippen LogP contribution in [0.2, 0.25) is 0 Å². The number of thiophene rings is 1. The number of carbonyl (C=O) groups excluding carboxylic acids is 1. The average Bonchev–Trinajstić information content (AvgIpc) is 3.18. The number of esters is 1. The van der Waals surface area contributed by atoms with Gasteiger partial charge in [0.25, 0.3) is 10.0 Å². The van der Waals surface area contributed by atoms with Crippen LogP contribution in [0.3, 0.4) is 0 Å². The zero-order valence-corrected chi connectivity index (χ0v) is 18.4. The molecule has 29 heavy (non-hydrogen) atoms. The van der Waals surface area contributed by atoms with Crippen molar-refractivity contribution in [1.29, 1.82) is 0 Å². The predicted octanol–water partition coefficient (Wildman–Crippen LogP) is 2.76. The monoisotopic (exact) mass is 458 g/mol. The molecule has 1 atom stereocenters. The Kier molecular flexibility index (Phi) is 6.32. The number of carbonyl (C=O) groups is 1. The molecule has 1 aromatic heterocycles. The van der Waals surface area contributed by atoms with E-state index in [-0.39, 0.29) is 20.4 Å². The molecule has 1 N–H and O–H groups in total. The van der Waals surface area contributed by atoms with Crippen LogP contribution >= 0.6 is 11.3 Å². The Balaban J connectivity index is 1.80. The van der Waals surface area contributed by atoms with Crippen molar-refractivity contribution >= 4 is 43.0 Å². The van der Waals surface area contributed by atoms with E-state index in [0.29, 0.717) is 19.0 Å². The third-order valence-electron chi connectivity index (χ3n) is 4.65. The summed E-state index contributed by atoms with van der Waals surface area (Å²) in [4.78, 5) is 11.6. The Morgan fingerprint density at radius 3 is 2.48 bits per heavy atom. The van der Waals surface area contributed by atoms with E-state index in [2.05, 4.69) is 9.46 Å². The van der Waals surface area contributed by atoms with Gasteiger partial charge in [-0.3, -0.25) is 4.72 Å². The molecule has 1 aromatic carbocycles. The van der Waals surface area contributed by atoms with E-state index in [1.165, 1.54) is 47.1 Å². The van der Waals surface area contributed by atoms with Crippen molar-refractivity contribution in [2.24, 2.45) is 5.92 Å². The highest BCUT2D eigenvalue weighted by atomic mass is 32.2. The van der Waals surface area contributed by atoms with Gasteiger partial charge in [-0.1, -0.05) is 6.92 Å². The van der Waals surface area contributed by atoms with Crippen molar-refractivity contribution in [2.75, 3.05) is 24.9 Å². The van der Waals surface area contributed by atoms with Crippen LogP contribution in [0, 0.1) is 5.92 Å². The Morgan fingerprint density at radius 1 is 1.17 bits per heavy atom. The third kappa shape index (κ3) is 4.63. The maximum absolute atomic E-state index is 12.8.